The van der Waals surface area contributed by atoms with Crippen LogP contribution in [0.4, 0.5) is 5.69 Å². The molecule has 1 heterocycles. The maximum Gasteiger partial charge on any atom is 0.251 e. The average Bonchev–Trinajstić information content (AvgIpc) is 2.89. The van der Waals surface area contributed by atoms with Gasteiger partial charge in [-0.2, -0.15) is 0 Å². The van der Waals surface area contributed by atoms with E-state index in [9.17, 15) is 9.59 Å². The standard InChI is InChI=1S/C27H25N3O5S/c31-25-17-21(18-33-15-16-34-22-7-3-1-4-8-22)29-27(30-25)36-19-26(32)28-20-11-13-24(14-12-20)35-23-9-5-2-6-10-23/h1-14,17H,15-16,18-19H2,(H,28,32)(H,29,30,31). The van der Waals surface area contributed by atoms with Gasteiger partial charge in [0, 0.05) is 11.8 Å². The lowest BCUT2D eigenvalue weighted by atomic mass is 10.3. The van der Waals surface area contributed by atoms with E-state index < -0.39 is 0 Å². The van der Waals surface area contributed by atoms with Crippen molar-refractivity contribution < 1.29 is 19.0 Å². The number of aromatic amines is 1. The second kappa shape index (κ2) is 13.1. The first-order valence-corrected chi connectivity index (χ1v) is 12.2. The molecule has 0 bridgehead atoms. The smallest absolute Gasteiger partial charge is 0.251 e. The van der Waals surface area contributed by atoms with Gasteiger partial charge in [-0.05, 0) is 48.5 Å². The molecule has 9 heteroatoms. The summed E-state index contributed by atoms with van der Waals surface area (Å²) >= 11 is 1.14. The summed E-state index contributed by atoms with van der Waals surface area (Å²) in [6.07, 6.45) is 0. The normalized spacial score (nSPS) is 10.6. The molecule has 0 fully saturated rings. The van der Waals surface area contributed by atoms with Crippen molar-refractivity contribution in [3.63, 3.8) is 0 Å². The number of H-pyrrole nitrogens is 1. The van der Waals surface area contributed by atoms with Gasteiger partial charge in [-0.3, -0.25) is 9.59 Å². The van der Waals surface area contributed by atoms with E-state index in [2.05, 4.69) is 15.3 Å². The van der Waals surface area contributed by atoms with E-state index in [-0.39, 0.29) is 23.8 Å². The molecule has 0 aliphatic carbocycles. The van der Waals surface area contributed by atoms with Crippen molar-refractivity contribution in [1.82, 2.24) is 9.97 Å². The maximum atomic E-state index is 12.4. The number of hydrogen-bond acceptors (Lipinski definition) is 7. The number of aromatic nitrogens is 2. The van der Waals surface area contributed by atoms with Crippen molar-refractivity contribution in [3.05, 3.63) is 107 Å². The zero-order valence-electron chi connectivity index (χ0n) is 19.4. The molecule has 0 saturated carbocycles. The molecule has 0 spiro atoms. The molecule has 1 amide bonds. The van der Waals surface area contributed by atoms with Crippen LogP contribution in [0.5, 0.6) is 17.2 Å². The minimum absolute atomic E-state index is 0.0838. The molecule has 1 aromatic heterocycles. The summed E-state index contributed by atoms with van der Waals surface area (Å²) < 4.78 is 16.9. The summed E-state index contributed by atoms with van der Waals surface area (Å²) in [5, 5.41) is 3.17. The molecule has 36 heavy (non-hydrogen) atoms. The predicted molar refractivity (Wildman–Crippen MR) is 139 cm³/mol. The first-order valence-electron chi connectivity index (χ1n) is 11.3. The zero-order valence-corrected chi connectivity index (χ0v) is 20.2. The van der Waals surface area contributed by atoms with E-state index in [1.165, 1.54) is 6.07 Å². The van der Waals surface area contributed by atoms with Gasteiger partial charge < -0.3 is 24.5 Å². The SMILES string of the molecule is O=C(CSc1nc(COCCOc2ccccc2)cc(=O)[nH]1)Nc1ccc(Oc2ccccc2)cc1. The van der Waals surface area contributed by atoms with Crippen LogP contribution in [0.2, 0.25) is 0 Å². The molecule has 0 atom stereocenters. The van der Waals surface area contributed by atoms with Gasteiger partial charge in [0.1, 0.15) is 23.9 Å². The number of ether oxygens (including phenoxy) is 3. The van der Waals surface area contributed by atoms with E-state index in [1.807, 2.05) is 60.7 Å². The second-order valence-corrected chi connectivity index (χ2v) is 8.50. The molecule has 3 aromatic carbocycles. The summed E-state index contributed by atoms with van der Waals surface area (Å²) in [5.41, 5.74) is 0.818. The number of nitrogens with zero attached hydrogens (tertiary/aromatic N) is 1. The van der Waals surface area contributed by atoms with E-state index in [0.717, 1.165) is 23.3 Å². The first kappa shape index (κ1) is 25.0. The number of hydrogen-bond donors (Lipinski definition) is 2. The van der Waals surface area contributed by atoms with Crippen molar-refractivity contribution in [2.45, 2.75) is 11.8 Å². The molecular formula is C27H25N3O5S. The molecule has 0 unspecified atom stereocenters. The van der Waals surface area contributed by atoms with Crippen LogP contribution in [-0.4, -0.2) is 34.8 Å². The van der Waals surface area contributed by atoms with Gasteiger partial charge in [0.2, 0.25) is 5.91 Å². The highest BCUT2D eigenvalue weighted by molar-refractivity contribution is 7.99. The van der Waals surface area contributed by atoms with Crippen LogP contribution in [0.15, 0.2) is 101 Å². The Morgan fingerprint density at radius 1 is 0.861 bits per heavy atom. The van der Waals surface area contributed by atoms with E-state index in [0.29, 0.717) is 35.5 Å². The number of benzene rings is 3. The Labute approximate surface area is 212 Å². The monoisotopic (exact) mass is 503 g/mol. The van der Waals surface area contributed by atoms with E-state index in [4.69, 9.17) is 14.2 Å². The van der Waals surface area contributed by atoms with Crippen molar-refractivity contribution >= 4 is 23.4 Å². The average molecular weight is 504 g/mol. The number of para-hydroxylation sites is 2. The zero-order chi connectivity index (χ0) is 25.0. The molecule has 2 N–H and O–H groups in total. The number of amides is 1. The summed E-state index contributed by atoms with van der Waals surface area (Å²) in [7, 11) is 0. The van der Waals surface area contributed by atoms with Crippen molar-refractivity contribution in [2.24, 2.45) is 0 Å². The lowest BCUT2D eigenvalue weighted by Crippen LogP contribution is -2.16. The number of anilines is 1. The second-order valence-electron chi connectivity index (χ2n) is 7.53. The third-order valence-electron chi connectivity index (χ3n) is 4.72. The molecule has 184 valence electrons. The Morgan fingerprint density at radius 3 is 2.25 bits per heavy atom. The van der Waals surface area contributed by atoms with Gasteiger partial charge in [0.05, 0.1) is 24.7 Å². The highest BCUT2D eigenvalue weighted by Gasteiger charge is 2.08. The summed E-state index contributed by atoms with van der Waals surface area (Å²) in [4.78, 5) is 31.4. The lowest BCUT2D eigenvalue weighted by Gasteiger charge is -2.09. The number of thioether (sulfide) groups is 1. The van der Waals surface area contributed by atoms with Crippen LogP contribution in [0, 0.1) is 0 Å². The van der Waals surface area contributed by atoms with Crippen molar-refractivity contribution in [1.29, 1.82) is 0 Å². The van der Waals surface area contributed by atoms with Crippen LogP contribution in [0.1, 0.15) is 5.69 Å². The van der Waals surface area contributed by atoms with Gasteiger partial charge >= 0.3 is 0 Å². The van der Waals surface area contributed by atoms with Crippen LogP contribution in [0.25, 0.3) is 0 Å². The highest BCUT2D eigenvalue weighted by Crippen LogP contribution is 2.23. The number of carbonyl (C=O) groups is 1. The van der Waals surface area contributed by atoms with Crippen LogP contribution in [0.3, 0.4) is 0 Å². The maximum absolute atomic E-state index is 12.4. The molecular weight excluding hydrogens is 478 g/mol. The van der Waals surface area contributed by atoms with Gasteiger partial charge in [-0.15, -0.1) is 0 Å². The quantitative estimate of drug-likeness (QED) is 0.161. The number of rotatable bonds is 12. The van der Waals surface area contributed by atoms with Crippen molar-refractivity contribution in [3.8, 4) is 17.2 Å². The Balaban J connectivity index is 1.20. The van der Waals surface area contributed by atoms with Gasteiger partial charge in [-0.1, -0.05) is 48.2 Å². The van der Waals surface area contributed by atoms with Gasteiger partial charge in [0.25, 0.3) is 5.56 Å². The van der Waals surface area contributed by atoms with Crippen LogP contribution < -0.4 is 20.3 Å². The van der Waals surface area contributed by atoms with Crippen LogP contribution in [-0.2, 0) is 16.1 Å². The molecule has 8 nitrogen and oxygen atoms in total. The van der Waals surface area contributed by atoms with E-state index in [1.54, 1.807) is 24.3 Å². The Kier molecular flexibility index (Phi) is 9.13. The highest BCUT2D eigenvalue weighted by atomic mass is 32.2. The summed E-state index contributed by atoms with van der Waals surface area (Å²) in [6.45, 7) is 0.900. The molecule has 0 aliphatic heterocycles. The largest absolute Gasteiger partial charge is 0.491 e. The Morgan fingerprint density at radius 2 is 1.53 bits per heavy atom. The number of nitrogens with one attached hydrogen (secondary N) is 2. The third-order valence-corrected chi connectivity index (χ3v) is 5.59. The van der Waals surface area contributed by atoms with Crippen molar-refractivity contribution in [2.75, 3.05) is 24.3 Å². The van der Waals surface area contributed by atoms with Gasteiger partial charge in [-0.25, -0.2) is 4.98 Å². The third kappa shape index (κ3) is 8.30. The fourth-order valence-corrected chi connectivity index (χ4v) is 3.79. The topological polar surface area (TPSA) is 103 Å². The molecule has 0 saturated heterocycles. The lowest BCUT2D eigenvalue weighted by molar-refractivity contribution is -0.113. The molecule has 4 rings (SSSR count). The molecule has 4 aromatic rings. The van der Waals surface area contributed by atoms with E-state index >= 15 is 0 Å². The summed E-state index contributed by atoms with van der Waals surface area (Å²) in [6, 6.07) is 27.4. The first-order chi connectivity index (χ1) is 17.6. The minimum Gasteiger partial charge on any atom is -0.491 e. The fraction of sp³-hybridized carbons (Fsp3) is 0.148. The Bertz CT molecular complexity index is 1300. The fourth-order valence-electron chi connectivity index (χ4n) is 3.10. The van der Waals surface area contributed by atoms with Gasteiger partial charge in [0.15, 0.2) is 5.16 Å². The summed E-state index contributed by atoms with van der Waals surface area (Å²) in [5.74, 6) is 2.03. The Hall–Kier alpha value is -4.08. The molecule has 0 aliphatic rings. The number of carbonyl (C=O) groups excluding carboxylic acids is 1. The minimum atomic E-state index is -0.305. The molecule has 0 radical (unpaired) electrons. The van der Waals surface area contributed by atoms with Crippen LogP contribution >= 0.6 is 11.8 Å². The predicted octanol–water partition coefficient (Wildman–Crippen LogP) is 4.89.